The number of nitrogens with zero attached hydrogens (tertiary/aromatic N) is 3. The Hall–Kier alpha value is -1.69. The third-order valence-corrected chi connectivity index (χ3v) is 3.78. The van der Waals surface area contributed by atoms with Crippen molar-refractivity contribution in [1.82, 2.24) is 14.7 Å². The molecule has 0 radical (unpaired) electrons. The van der Waals surface area contributed by atoms with Crippen molar-refractivity contribution < 1.29 is 9.84 Å². The van der Waals surface area contributed by atoms with Gasteiger partial charge in [0.1, 0.15) is 0 Å². The maximum Gasteiger partial charge on any atom is 0.0972 e. The summed E-state index contributed by atoms with van der Waals surface area (Å²) in [4.78, 5) is 2.23. The maximum absolute atomic E-state index is 9.99. The van der Waals surface area contributed by atoms with E-state index in [4.69, 9.17) is 4.74 Å². The molecule has 0 spiro atoms. The molecule has 0 aliphatic carbocycles. The van der Waals surface area contributed by atoms with Crippen LogP contribution in [-0.4, -0.2) is 51.7 Å². The van der Waals surface area contributed by atoms with Crippen molar-refractivity contribution in [3.8, 4) is 5.69 Å². The van der Waals surface area contributed by atoms with E-state index in [9.17, 15) is 5.11 Å². The van der Waals surface area contributed by atoms with E-state index in [1.807, 2.05) is 36.0 Å². The molecule has 2 aromatic rings. The second-order valence-electron chi connectivity index (χ2n) is 5.38. The first kappa shape index (κ1) is 14.3. The molecule has 3 rings (SSSR count). The Balaban J connectivity index is 1.67. The van der Waals surface area contributed by atoms with Crippen LogP contribution in [0.3, 0.4) is 0 Å². The number of β-amino-alcohol motifs (C(OH)–C–C–N with tert-alkyl or cyclic N) is 1. The lowest BCUT2D eigenvalue weighted by atomic mass is 10.2. The number of rotatable bonds is 5. The number of ether oxygens (including phenoxy) is 1. The Kier molecular flexibility index (Phi) is 4.34. The number of hydrogen-bond donors (Lipinski definition) is 1. The standard InChI is InChI=1S/C16H21N3O2/c1-2-21-16-12-18(11-15(16)20)10-13-5-3-6-14(9-13)19-8-4-7-17-19/h3-9,15-16,20H,2,10-12H2,1H3/t15-,16-/m0/s1. The van der Waals surface area contributed by atoms with Gasteiger partial charge in [0.25, 0.3) is 0 Å². The molecule has 5 nitrogen and oxygen atoms in total. The molecule has 1 aliphatic rings. The highest BCUT2D eigenvalue weighted by molar-refractivity contribution is 5.35. The van der Waals surface area contributed by atoms with Gasteiger partial charge >= 0.3 is 0 Å². The molecule has 0 amide bonds. The molecule has 21 heavy (non-hydrogen) atoms. The molecular weight excluding hydrogens is 266 g/mol. The van der Waals surface area contributed by atoms with E-state index in [1.165, 1.54) is 5.56 Å². The minimum atomic E-state index is -0.390. The fourth-order valence-electron chi connectivity index (χ4n) is 2.82. The van der Waals surface area contributed by atoms with E-state index >= 15 is 0 Å². The number of aliphatic hydroxyl groups is 1. The first-order chi connectivity index (χ1) is 10.3. The summed E-state index contributed by atoms with van der Waals surface area (Å²) >= 11 is 0. The van der Waals surface area contributed by atoms with Crippen LogP contribution in [0.25, 0.3) is 5.69 Å². The van der Waals surface area contributed by atoms with Crippen molar-refractivity contribution in [3.63, 3.8) is 0 Å². The monoisotopic (exact) mass is 287 g/mol. The van der Waals surface area contributed by atoms with Gasteiger partial charge in [-0.15, -0.1) is 0 Å². The maximum atomic E-state index is 9.99. The fraction of sp³-hybridized carbons (Fsp3) is 0.438. The number of benzene rings is 1. The summed E-state index contributed by atoms with van der Waals surface area (Å²) in [6, 6.07) is 10.2. The van der Waals surface area contributed by atoms with Crippen molar-refractivity contribution in [2.24, 2.45) is 0 Å². The highest BCUT2D eigenvalue weighted by Gasteiger charge is 2.31. The number of aromatic nitrogens is 2. The number of likely N-dealkylation sites (tertiary alicyclic amines) is 1. The van der Waals surface area contributed by atoms with Gasteiger partial charge in [0.15, 0.2) is 0 Å². The van der Waals surface area contributed by atoms with E-state index in [2.05, 4.69) is 22.1 Å². The Morgan fingerprint density at radius 2 is 2.24 bits per heavy atom. The molecule has 0 unspecified atom stereocenters. The molecule has 1 aliphatic heterocycles. The average molecular weight is 287 g/mol. The van der Waals surface area contributed by atoms with E-state index < -0.39 is 0 Å². The van der Waals surface area contributed by atoms with Crippen LogP contribution in [0.2, 0.25) is 0 Å². The Morgan fingerprint density at radius 3 is 3.00 bits per heavy atom. The lowest BCUT2D eigenvalue weighted by Crippen LogP contribution is -2.26. The quantitative estimate of drug-likeness (QED) is 0.904. The molecule has 1 aromatic heterocycles. The van der Waals surface area contributed by atoms with Crippen LogP contribution < -0.4 is 0 Å². The molecule has 1 N–H and O–H groups in total. The van der Waals surface area contributed by atoms with Crippen LogP contribution in [0.4, 0.5) is 0 Å². The van der Waals surface area contributed by atoms with Crippen LogP contribution >= 0.6 is 0 Å². The van der Waals surface area contributed by atoms with E-state index in [1.54, 1.807) is 6.20 Å². The smallest absolute Gasteiger partial charge is 0.0972 e. The molecule has 2 atom stereocenters. The topological polar surface area (TPSA) is 50.5 Å². The first-order valence-electron chi connectivity index (χ1n) is 7.37. The van der Waals surface area contributed by atoms with Gasteiger partial charge in [0, 0.05) is 38.6 Å². The van der Waals surface area contributed by atoms with Gasteiger partial charge in [-0.25, -0.2) is 4.68 Å². The zero-order valence-electron chi connectivity index (χ0n) is 12.2. The molecule has 1 aromatic carbocycles. The SMILES string of the molecule is CCO[C@H]1CN(Cc2cccc(-n3cccn3)c2)C[C@@H]1O. The van der Waals surface area contributed by atoms with Gasteiger partial charge < -0.3 is 9.84 Å². The van der Waals surface area contributed by atoms with Crippen molar-refractivity contribution in [1.29, 1.82) is 0 Å². The predicted octanol–water partition coefficient (Wildman–Crippen LogP) is 1.45. The third-order valence-electron chi connectivity index (χ3n) is 3.78. The van der Waals surface area contributed by atoms with Gasteiger partial charge in [-0.3, -0.25) is 4.90 Å². The second-order valence-corrected chi connectivity index (χ2v) is 5.38. The van der Waals surface area contributed by atoms with Crippen molar-refractivity contribution in [2.75, 3.05) is 19.7 Å². The minimum absolute atomic E-state index is 0.0655. The van der Waals surface area contributed by atoms with Crippen LogP contribution in [0.1, 0.15) is 12.5 Å². The van der Waals surface area contributed by atoms with E-state index in [0.717, 1.165) is 18.8 Å². The molecule has 2 heterocycles. The normalized spacial score (nSPS) is 22.8. The fourth-order valence-corrected chi connectivity index (χ4v) is 2.82. The van der Waals surface area contributed by atoms with Gasteiger partial charge in [-0.2, -0.15) is 5.10 Å². The molecule has 1 fully saturated rings. The van der Waals surface area contributed by atoms with Gasteiger partial charge in [0.2, 0.25) is 0 Å². The van der Waals surface area contributed by atoms with E-state index in [-0.39, 0.29) is 12.2 Å². The molecule has 5 heteroatoms. The third kappa shape index (κ3) is 3.32. The summed E-state index contributed by atoms with van der Waals surface area (Å²) in [5, 5.41) is 14.2. The average Bonchev–Trinajstić information content (AvgIpc) is 3.11. The lowest BCUT2D eigenvalue weighted by Gasteiger charge is -2.16. The van der Waals surface area contributed by atoms with Crippen LogP contribution in [0.5, 0.6) is 0 Å². The summed E-state index contributed by atoms with van der Waals surface area (Å²) in [5.74, 6) is 0. The summed E-state index contributed by atoms with van der Waals surface area (Å²) in [6.07, 6.45) is 3.25. The highest BCUT2D eigenvalue weighted by atomic mass is 16.5. The van der Waals surface area contributed by atoms with Crippen molar-refractivity contribution in [3.05, 3.63) is 48.3 Å². The first-order valence-corrected chi connectivity index (χ1v) is 7.37. The second kappa shape index (κ2) is 6.39. The number of hydrogen-bond acceptors (Lipinski definition) is 4. The highest BCUT2D eigenvalue weighted by Crippen LogP contribution is 2.18. The van der Waals surface area contributed by atoms with Gasteiger partial charge in [-0.1, -0.05) is 12.1 Å². The predicted molar refractivity (Wildman–Crippen MR) is 80.3 cm³/mol. The van der Waals surface area contributed by atoms with Crippen LogP contribution in [0.15, 0.2) is 42.7 Å². The van der Waals surface area contributed by atoms with Gasteiger partial charge in [0.05, 0.1) is 17.9 Å². The molecular formula is C16H21N3O2. The largest absolute Gasteiger partial charge is 0.389 e. The molecule has 0 saturated carbocycles. The molecule has 1 saturated heterocycles. The summed E-state index contributed by atoms with van der Waals surface area (Å²) < 4.78 is 7.41. The van der Waals surface area contributed by atoms with E-state index in [0.29, 0.717) is 13.2 Å². The Bertz CT molecular complexity index is 571. The van der Waals surface area contributed by atoms with Crippen LogP contribution in [-0.2, 0) is 11.3 Å². The summed E-state index contributed by atoms with van der Waals surface area (Å²) in [5.41, 5.74) is 2.27. The van der Waals surface area contributed by atoms with Crippen molar-refractivity contribution in [2.45, 2.75) is 25.7 Å². The zero-order chi connectivity index (χ0) is 14.7. The lowest BCUT2D eigenvalue weighted by molar-refractivity contribution is -0.00245. The van der Waals surface area contributed by atoms with Crippen molar-refractivity contribution >= 4 is 0 Å². The summed E-state index contributed by atoms with van der Waals surface area (Å²) in [7, 11) is 0. The van der Waals surface area contributed by atoms with Crippen LogP contribution in [0, 0.1) is 0 Å². The summed E-state index contributed by atoms with van der Waals surface area (Å²) in [6.45, 7) is 4.86. The Labute approximate surface area is 124 Å². The molecule has 112 valence electrons. The molecule has 0 bridgehead atoms. The zero-order valence-corrected chi connectivity index (χ0v) is 12.2. The Morgan fingerprint density at radius 1 is 1.33 bits per heavy atom. The number of aliphatic hydroxyl groups excluding tert-OH is 1. The minimum Gasteiger partial charge on any atom is -0.389 e. The van der Waals surface area contributed by atoms with Gasteiger partial charge in [-0.05, 0) is 30.7 Å².